The normalized spacial score (nSPS) is 9.91. The summed E-state index contributed by atoms with van der Waals surface area (Å²) in [6, 6.07) is 0. The fraction of sp³-hybridized carbons (Fsp3) is 0.429. The van der Waals surface area contributed by atoms with Crippen molar-refractivity contribution < 1.29 is 0 Å². The van der Waals surface area contributed by atoms with E-state index in [4.69, 9.17) is 0 Å². The van der Waals surface area contributed by atoms with Gasteiger partial charge >= 0.3 is 0 Å². The molecule has 0 bridgehead atoms. The van der Waals surface area contributed by atoms with Gasteiger partial charge in [0.25, 0.3) is 0 Å². The fourth-order valence-electron chi connectivity index (χ4n) is 0.688. The van der Waals surface area contributed by atoms with Crippen LogP contribution in [0.3, 0.4) is 0 Å². The quantitative estimate of drug-likeness (QED) is 0.502. The maximum Gasteiger partial charge on any atom is 0.0733 e. The van der Waals surface area contributed by atoms with E-state index >= 15 is 0 Å². The van der Waals surface area contributed by atoms with Crippen LogP contribution in [0.2, 0.25) is 0 Å². The average molecular weight is 169 g/mol. The molecule has 0 unspecified atom stereocenters. The van der Waals surface area contributed by atoms with Crippen LogP contribution in [0.25, 0.3) is 0 Å². The van der Waals surface area contributed by atoms with Gasteiger partial charge in [-0.25, -0.2) is 0 Å². The third kappa shape index (κ3) is 2.38. The van der Waals surface area contributed by atoms with Gasteiger partial charge in [-0.1, -0.05) is 11.3 Å². The van der Waals surface area contributed by atoms with Gasteiger partial charge in [0, 0.05) is 18.6 Å². The zero-order chi connectivity index (χ0) is 8.10. The molecule has 0 atom stereocenters. The highest BCUT2D eigenvalue weighted by Crippen LogP contribution is 2.09. The Morgan fingerprint density at radius 2 is 2.64 bits per heavy atom. The summed E-state index contributed by atoms with van der Waals surface area (Å²) in [4.78, 5) is 0. The van der Waals surface area contributed by atoms with Crippen molar-refractivity contribution in [2.24, 2.45) is 7.05 Å². The standard InChI is InChI=1S/C7H11N3S/c1-3-4-11-6-7-5-8-9-10(7)2/h3,5H,1,4,6H2,2H3. The Morgan fingerprint density at radius 3 is 3.18 bits per heavy atom. The van der Waals surface area contributed by atoms with E-state index in [1.165, 1.54) is 0 Å². The second-order valence-electron chi connectivity index (χ2n) is 2.15. The first-order valence-electron chi connectivity index (χ1n) is 3.37. The summed E-state index contributed by atoms with van der Waals surface area (Å²) in [5.41, 5.74) is 1.15. The van der Waals surface area contributed by atoms with Crippen molar-refractivity contribution in [1.29, 1.82) is 0 Å². The van der Waals surface area contributed by atoms with E-state index in [0.717, 1.165) is 17.2 Å². The minimum atomic E-state index is 0.954. The minimum absolute atomic E-state index is 0.954. The highest BCUT2D eigenvalue weighted by Gasteiger charge is 1.97. The molecule has 0 spiro atoms. The number of rotatable bonds is 4. The van der Waals surface area contributed by atoms with Crippen LogP contribution in [0.5, 0.6) is 0 Å². The van der Waals surface area contributed by atoms with Crippen molar-refractivity contribution >= 4 is 11.8 Å². The molecule has 1 aromatic rings. The summed E-state index contributed by atoms with van der Waals surface area (Å²) in [7, 11) is 1.90. The van der Waals surface area contributed by atoms with Gasteiger partial charge < -0.3 is 0 Å². The van der Waals surface area contributed by atoms with E-state index in [9.17, 15) is 0 Å². The molecule has 60 valence electrons. The molecule has 0 aromatic carbocycles. The minimum Gasteiger partial charge on any atom is -0.252 e. The van der Waals surface area contributed by atoms with Gasteiger partial charge in [-0.3, -0.25) is 4.68 Å². The Kier molecular flexibility index (Phi) is 3.16. The largest absolute Gasteiger partial charge is 0.252 e. The molecule has 11 heavy (non-hydrogen) atoms. The molecule has 0 aliphatic rings. The molecule has 0 radical (unpaired) electrons. The summed E-state index contributed by atoms with van der Waals surface area (Å²) < 4.78 is 1.79. The van der Waals surface area contributed by atoms with E-state index in [1.807, 2.05) is 13.1 Å². The Labute approximate surface area is 70.5 Å². The monoisotopic (exact) mass is 169 g/mol. The van der Waals surface area contributed by atoms with E-state index < -0.39 is 0 Å². The van der Waals surface area contributed by atoms with Gasteiger partial charge in [0.1, 0.15) is 0 Å². The summed E-state index contributed by atoms with van der Waals surface area (Å²) >= 11 is 1.81. The summed E-state index contributed by atoms with van der Waals surface area (Å²) in [6.45, 7) is 3.64. The SMILES string of the molecule is C=CCSCc1cnnn1C. The van der Waals surface area contributed by atoms with Crippen LogP contribution in [0.1, 0.15) is 5.69 Å². The summed E-state index contributed by atoms with van der Waals surface area (Å²) in [5, 5.41) is 7.60. The number of nitrogens with zero attached hydrogens (tertiary/aromatic N) is 3. The van der Waals surface area contributed by atoms with E-state index in [-0.39, 0.29) is 0 Å². The number of thioether (sulfide) groups is 1. The number of aryl methyl sites for hydroxylation is 1. The molecule has 1 rings (SSSR count). The lowest BCUT2D eigenvalue weighted by atomic mass is 10.5. The molecule has 0 amide bonds. The number of hydrogen-bond acceptors (Lipinski definition) is 3. The predicted molar refractivity (Wildman–Crippen MR) is 47.4 cm³/mol. The van der Waals surface area contributed by atoms with Gasteiger partial charge in [-0.05, 0) is 0 Å². The first-order chi connectivity index (χ1) is 5.34. The van der Waals surface area contributed by atoms with E-state index in [0.29, 0.717) is 0 Å². The maximum absolute atomic E-state index is 3.82. The zero-order valence-electron chi connectivity index (χ0n) is 6.53. The van der Waals surface area contributed by atoms with Gasteiger partial charge in [-0.15, -0.1) is 11.7 Å². The zero-order valence-corrected chi connectivity index (χ0v) is 7.34. The van der Waals surface area contributed by atoms with E-state index in [2.05, 4.69) is 16.9 Å². The number of hydrogen-bond donors (Lipinski definition) is 0. The van der Waals surface area contributed by atoms with Crippen molar-refractivity contribution in [3.63, 3.8) is 0 Å². The van der Waals surface area contributed by atoms with Gasteiger partial charge in [0.05, 0.1) is 11.9 Å². The first-order valence-corrected chi connectivity index (χ1v) is 4.52. The van der Waals surface area contributed by atoms with Crippen LogP contribution in [0.4, 0.5) is 0 Å². The van der Waals surface area contributed by atoms with Crippen molar-refractivity contribution in [3.05, 3.63) is 24.5 Å². The van der Waals surface area contributed by atoms with Crippen LogP contribution in [-0.4, -0.2) is 20.7 Å². The molecule has 0 fully saturated rings. The van der Waals surface area contributed by atoms with Gasteiger partial charge in [0.2, 0.25) is 0 Å². The van der Waals surface area contributed by atoms with Crippen molar-refractivity contribution in [2.75, 3.05) is 5.75 Å². The summed E-state index contributed by atoms with van der Waals surface area (Å²) in [6.07, 6.45) is 3.69. The van der Waals surface area contributed by atoms with Crippen molar-refractivity contribution in [2.45, 2.75) is 5.75 Å². The van der Waals surface area contributed by atoms with Crippen LogP contribution in [0, 0.1) is 0 Å². The molecule has 1 heterocycles. The smallest absolute Gasteiger partial charge is 0.0733 e. The lowest BCUT2D eigenvalue weighted by molar-refractivity contribution is 0.694. The highest BCUT2D eigenvalue weighted by molar-refractivity contribution is 7.98. The van der Waals surface area contributed by atoms with Crippen LogP contribution in [-0.2, 0) is 12.8 Å². The topological polar surface area (TPSA) is 30.7 Å². The molecule has 0 N–H and O–H groups in total. The molecular weight excluding hydrogens is 158 g/mol. The molecule has 0 saturated heterocycles. The third-order valence-corrected chi connectivity index (χ3v) is 2.27. The second-order valence-corrected chi connectivity index (χ2v) is 3.18. The molecule has 1 aromatic heterocycles. The molecule has 3 nitrogen and oxygen atoms in total. The summed E-state index contributed by atoms with van der Waals surface area (Å²) in [5.74, 6) is 1.93. The molecule has 0 aliphatic heterocycles. The maximum atomic E-state index is 3.82. The molecule has 4 heteroatoms. The van der Waals surface area contributed by atoms with Gasteiger partial charge in [-0.2, -0.15) is 11.8 Å². The Morgan fingerprint density at radius 1 is 1.82 bits per heavy atom. The van der Waals surface area contributed by atoms with Crippen molar-refractivity contribution in [1.82, 2.24) is 15.0 Å². The fourth-order valence-corrected chi connectivity index (χ4v) is 1.44. The average Bonchev–Trinajstić information content (AvgIpc) is 2.37. The predicted octanol–water partition coefficient (Wildman–Crippen LogP) is 1.23. The first kappa shape index (κ1) is 8.33. The van der Waals surface area contributed by atoms with Crippen LogP contribution < -0.4 is 0 Å². The lowest BCUT2D eigenvalue weighted by Gasteiger charge is -1.96. The Balaban J connectivity index is 2.38. The number of aromatic nitrogens is 3. The lowest BCUT2D eigenvalue weighted by Crippen LogP contribution is -1.96. The van der Waals surface area contributed by atoms with Crippen LogP contribution in [0.15, 0.2) is 18.9 Å². The molecular formula is C7H11N3S. The molecule has 0 aliphatic carbocycles. The second kappa shape index (κ2) is 4.18. The van der Waals surface area contributed by atoms with Gasteiger partial charge in [0.15, 0.2) is 0 Å². The Bertz CT molecular complexity index is 231. The molecule has 0 saturated carbocycles. The third-order valence-electron chi connectivity index (χ3n) is 1.29. The van der Waals surface area contributed by atoms with E-state index in [1.54, 1.807) is 22.6 Å². The van der Waals surface area contributed by atoms with Crippen LogP contribution >= 0.6 is 11.8 Å². The Hall–Kier alpha value is -0.770. The van der Waals surface area contributed by atoms with Crippen molar-refractivity contribution in [3.8, 4) is 0 Å². The highest BCUT2D eigenvalue weighted by atomic mass is 32.2.